The fourth-order valence-corrected chi connectivity index (χ4v) is 3.91. The van der Waals surface area contributed by atoms with E-state index < -0.39 is 17.5 Å². The maximum absolute atomic E-state index is 11.5. The Hall–Kier alpha value is -2.30. The monoisotopic (exact) mass is 330 g/mol. The van der Waals surface area contributed by atoms with E-state index in [0.29, 0.717) is 11.5 Å². The van der Waals surface area contributed by atoms with Crippen LogP contribution in [-0.4, -0.2) is 22.6 Å². The molecular weight excluding hydrogens is 308 g/mol. The van der Waals surface area contributed by atoms with Crippen molar-refractivity contribution >= 4 is 11.9 Å². The van der Waals surface area contributed by atoms with Crippen molar-refractivity contribution in [2.45, 2.75) is 52.1 Å². The smallest absolute Gasteiger partial charge is 0.335 e. The Labute approximate surface area is 141 Å². The first-order chi connectivity index (χ1) is 11.2. The average molecular weight is 330 g/mol. The van der Waals surface area contributed by atoms with Crippen LogP contribution in [0.5, 0.6) is 11.5 Å². The molecule has 0 saturated heterocycles. The number of carboxylic acids is 1. The van der Waals surface area contributed by atoms with E-state index in [1.807, 2.05) is 13.8 Å². The number of carboxylic acid groups (broad SMARTS) is 1. The lowest BCUT2D eigenvalue weighted by Crippen LogP contribution is -2.45. The van der Waals surface area contributed by atoms with Gasteiger partial charge in [0, 0.05) is 24.3 Å². The van der Waals surface area contributed by atoms with E-state index in [9.17, 15) is 14.7 Å². The second kappa shape index (κ2) is 5.65. The molecule has 0 unspecified atom stereocenters. The van der Waals surface area contributed by atoms with Crippen LogP contribution in [0.25, 0.3) is 0 Å². The normalized spacial score (nSPS) is 24.1. The van der Waals surface area contributed by atoms with Crippen LogP contribution in [0.1, 0.15) is 62.4 Å². The third-order valence-electron chi connectivity index (χ3n) is 4.99. The SMILES string of the molecule is CC(=O)Oc1cc(C(=O)O)cc2c1[C@@H]1CC(C)=CC[C@H]1C(C)(C)O2. The molecule has 0 saturated carbocycles. The molecule has 2 aliphatic rings. The van der Waals surface area contributed by atoms with Crippen molar-refractivity contribution in [2.24, 2.45) is 5.92 Å². The molecular formula is C19H22O5. The Morgan fingerprint density at radius 2 is 2.04 bits per heavy atom. The number of aromatic carboxylic acids is 1. The minimum absolute atomic E-state index is 0.0577. The highest BCUT2D eigenvalue weighted by atomic mass is 16.5. The summed E-state index contributed by atoms with van der Waals surface area (Å²) in [6, 6.07) is 2.96. The third kappa shape index (κ3) is 2.79. The standard InChI is InChI=1S/C19H22O5/c1-10-5-6-14-13(7-10)17-15(23-11(2)20)8-12(18(21)22)9-16(17)24-19(14,3)4/h5,8-9,13-14H,6-7H2,1-4H3,(H,21,22)/t13-,14-/m1/s1. The molecule has 0 radical (unpaired) electrons. The zero-order valence-electron chi connectivity index (χ0n) is 14.4. The number of rotatable bonds is 2. The molecule has 1 aromatic carbocycles. The number of carbonyl (C=O) groups is 2. The fourth-order valence-electron chi connectivity index (χ4n) is 3.91. The van der Waals surface area contributed by atoms with Crippen molar-refractivity contribution in [3.8, 4) is 11.5 Å². The van der Waals surface area contributed by atoms with E-state index >= 15 is 0 Å². The average Bonchev–Trinajstić information content (AvgIpc) is 2.44. The zero-order chi connectivity index (χ0) is 17.6. The van der Waals surface area contributed by atoms with Gasteiger partial charge in [-0.3, -0.25) is 4.79 Å². The Kier molecular flexibility index (Phi) is 3.90. The number of fused-ring (bicyclic) bond motifs is 3. The van der Waals surface area contributed by atoms with E-state index in [2.05, 4.69) is 13.0 Å². The number of ether oxygens (including phenoxy) is 2. The Bertz CT molecular complexity index is 744. The van der Waals surface area contributed by atoms with Gasteiger partial charge in [-0.05, 0) is 45.7 Å². The van der Waals surface area contributed by atoms with Crippen LogP contribution in [0.15, 0.2) is 23.8 Å². The van der Waals surface area contributed by atoms with Gasteiger partial charge in [0.05, 0.1) is 5.56 Å². The van der Waals surface area contributed by atoms with Crippen molar-refractivity contribution in [1.29, 1.82) is 0 Å². The summed E-state index contributed by atoms with van der Waals surface area (Å²) in [5.41, 5.74) is 1.74. The quantitative estimate of drug-likeness (QED) is 0.505. The summed E-state index contributed by atoms with van der Waals surface area (Å²) in [6.45, 7) is 7.47. The van der Waals surface area contributed by atoms with E-state index in [4.69, 9.17) is 9.47 Å². The number of benzene rings is 1. The minimum Gasteiger partial charge on any atom is -0.487 e. The molecule has 1 aliphatic carbocycles. The van der Waals surface area contributed by atoms with Crippen LogP contribution >= 0.6 is 0 Å². The lowest BCUT2D eigenvalue weighted by Gasteiger charge is -2.47. The van der Waals surface area contributed by atoms with Gasteiger partial charge in [-0.15, -0.1) is 0 Å². The molecule has 1 N–H and O–H groups in total. The van der Waals surface area contributed by atoms with E-state index in [0.717, 1.165) is 18.4 Å². The Morgan fingerprint density at radius 1 is 1.33 bits per heavy atom. The molecule has 0 bridgehead atoms. The summed E-state index contributed by atoms with van der Waals surface area (Å²) >= 11 is 0. The molecule has 0 amide bonds. The molecule has 1 aromatic rings. The maximum Gasteiger partial charge on any atom is 0.335 e. The van der Waals surface area contributed by atoms with Gasteiger partial charge in [-0.2, -0.15) is 0 Å². The summed E-state index contributed by atoms with van der Waals surface area (Å²) in [5.74, 6) is -0.340. The molecule has 128 valence electrons. The summed E-state index contributed by atoms with van der Waals surface area (Å²) in [6.07, 6.45) is 3.97. The molecule has 1 aliphatic heterocycles. The van der Waals surface area contributed by atoms with Gasteiger partial charge >= 0.3 is 11.9 Å². The van der Waals surface area contributed by atoms with Crippen LogP contribution in [-0.2, 0) is 4.79 Å². The maximum atomic E-state index is 11.5. The first-order valence-electron chi connectivity index (χ1n) is 8.13. The lowest BCUT2D eigenvalue weighted by atomic mass is 9.67. The third-order valence-corrected chi connectivity index (χ3v) is 4.99. The van der Waals surface area contributed by atoms with Crippen molar-refractivity contribution in [3.63, 3.8) is 0 Å². The van der Waals surface area contributed by atoms with Crippen LogP contribution in [0.2, 0.25) is 0 Å². The first-order valence-corrected chi connectivity index (χ1v) is 8.13. The molecule has 24 heavy (non-hydrogen) atoms. The zero-order valence-corrected chi connectivity index (χ0v) is 14.4. The van der Waals surface area contributed by atoms with E-state index in [-0.39, 0.29) is 17.4 Å². The van der Waals surface area contributed by atoms with Gasteiger partial charge in [0.15, 0.2) is 0 Å². The second-order valence-corrected chi connectivity index (χ2v) is 7.19. The molecule has 0 aromatic heterocycles. The van der Waals surface area contributed by atoms with Crippen molar-refractivity contribution < 1.29 is 24.2 Å². The Morgan fingerprint density at radius 3 is 2.67 bits per heavy atom. The van der Waals surface area contributed by atoms with Crippen LogP contribution in [0.4, 0.5) is 0 Å². The second-order valence-electron chi connectivity index (χ2n) is 7.19. The predicted molar refractivity (Wildman–Crippen MR) is 88.6 cm³/mol. The number of hydrogen-bond donors (Lipinski definition) is 1. The molecule has 0 spiro atoms. The van der Waals surface area contributed by atoms with Crippen molar-refractivity contribution in [1.82, 2.24) is 0 Å². The topological polar surface area (TPSA) is 72.8 Å². The van der Waals surface area contributed by atoms with Crippen LogP contribution in [0, 0.1) is 5.92 Å². The van der Waals surface area contributed by atoms with Crippen LogP contribution in [0.3, 0.4) is 0 Å². The van der Waals surface area contributed by atoms with Crippen molar-refractivity contribution in [3.05, 3.63) is 34.9 Å². The van der Waals surface area contributed by atoms with Gasteiger partial charge in [0.1, 0.15) is 17.1 Å². The van der Waals surface area contributed by atoms with E-state index in [1.54, 1.807) is 0 Å². The van der Waals surface area contributed by atoms with Gasteiger partial charge < -0.3 is 14.6 Å². The van der Waals surface area contributed by atoms with Gasteiger partial charge in [0.25, 0.3) is 0 Å². The molecule has 5 heteroatoms. The molecule has 2 atom stereocenters. The largest absolute Gasteiger partial charge is 0.487 e. The summed E-state index contributed by atoms with van der Waals surface area (Å²) in [4.78, 5) is 22.9. The highest BCUT2D eigenvalue weighted by molar-refractivity contribution is 5.89. The van der Waals surface area contributed by atoms with E-state index in [1.165, 1.54) is 24.6 Å². The van der Waals surface area contributed by atoms with Gasteiger partial charge in [-0.1, -0.05) is 11.6 Å². The molecule has 0 fully saturated rings. The number of carbonyl (C=O) groups excluding carboxylic acids is 1. The molecule has 1 heterocycles. The minimum atomic E-state index is -1.07. The number of esters is 1. The number of hydrogen-bond acceptors (Lipinski definition) is 4. The van der Waals surface area contributed by atoms with Crippen molar-refractivity contribution in [2.75, 3.05) is 0 Å². The molecule has 5 nitrogen and oxygen atoms in total. The highest BCUT2D eigenvalue weighted by Gasteiger charge is 2.46. The summed E-state index contributed by atoms with van der Waals surface area (Å²) in [7, 11) is 0. The fraction of sp³-hybridized carbons (Fsp3) is 0.474. The van der Waals surface area contributed by atoms with Gasteiger partial charge in [0.2, 0.25) is 0 Å². The first kappa shape index (κ1) is 16.6. The highest BCUT2D eigenvalue weighted by Crippen LogP contribution is 2.54. The van der Waals surface area contributed by atoms with Gasteiger partial charge in [-0.25, -0.2) is 4.79 Å². The molecule has 3 rings (SSSR count). The summed E-state index contributed by atoms with van der Waals surface area (Å²) < 4.78 is 11.5. The summed E-state index contributed by atoms with van der Waals surface area (Å²) in [5, 5.41) is 9.34. The van der Waals surface area contributed by atoms with Crippen LogP contribution < -0.4 is 9.47 Å². The lowest BCUT2D eigenvalue weighted by molar-refractivity contribution is -0.132. The Balaban J connectivity index is 2.20. The number of allylic oxidation sites excluding steroid dienone is 2. The predicted octanol–water partition coefficient (Wildman–Crippen LogP) is 3.92.